The summed E-state index contributed by atoms with van der Waals surface area (Å²) in [5, 5.41) is 1.07. The molecule has 2 N–H and O–H groups in total. The van der Waals surface area contributed by atoms with Gasteiger partial charge in [-0.2, -0.15) is 0 Å². The first-order valence-corrected chi connectivity index (χ1v) is 8.11. The van der Waals surface area contributed by atoms with Gasteiger partial charge in [-0.3, -0.25) is 4.98 Å². The van der Waals surface area contributed by atoms with Crippen LogP contribution in [0.1, 0.15) is 24.1 Å². The summed E-state index contributed by atoms with van der Waals surface area (Å²) in [5.41, 5.74) is 13.2. The maximum atomic E-state index is 6.47. The normalized spacial score (nSPS) is 13.8. The smallest absolute Gasteiger partial charge is 0.118 e. The molecule has 0 saturated heterocycles. The lowest BCUT2D eigenvalue weighted by Crippen LogP contribution is -2.09. The average Bonchev–Trinajstić information content (AvgIpc) is 2.62. The van der Waals surface area contributed by atoms with E-state index in [2.05, 4.69) is 30.3 Å². The fourth-order valence-corrected chi connectivity index (χ4v) is 3.42. The quantitative estimate of drug-likeness (QED) is 0.764. The van der Waals surface area contributed by atoms with Gasteiger partial charge in [0, 0.05) is 16.8 Å². The molecule has 3 nitrogen and oxygen atoms in total. The van der Waals surface area contributed by atoms with Gasteiger partial charge in [-0.25, -0.2) is 0 Å². The van der Waals surface area contributed by atoms with E-state index >= 15 is 0 Å². The zero-order valence-corrected chi connectivity index (χ0v) is 13.3. The fourth-order valence-electron chi connectivity index (χ4n) is 3.42. The number of rotatable bonds is 2. The number of methoxy groups -OCH3 is 1. The van der Waals surface area contributed by atoms with Gasteiger partial charge in [-0.15, -0.1) is 0 Å². The highest BCUT2D eigenvalue weighted by atomic mass is 16.5. The lowest BCUT2D eigenvalue weighted by Gasteiger charge is -2.19. The van der Waals surface area contributed by atoms with Crippen LogP contribution in [-0.4, -0.2) is 12.1 Å². The minimum Gasteiger partial charge on any atom is -0.497 e. The lowest BCUT2D eigenvalue weighted by molar-refractivity contribution is 0.415. The van der Waals surface area contributed by atoms with E-state index in [0.717, 1.165) is 46.3 Å². The predicted octanol–water partition coefficient (Wildman–Crippen LogP) is 4.37. The molecule has 0 amide bonds. The summed E-state index contributed by atoms with van der Waals surface area (Å²) in [7, 11) is 1.68. The van der Waals surface area contributed by atoms with E-state index in [9.17, 15) is 0 Å². The van der Waals surface area contributed by atoms with Gasteiger partial charge in [-0.1, -0.05) is 18.2 Å². The molecule has 0 atom stereocenters. The standard InChI is InChI=1S/C20H20N2O/c1-23-15-9-6-13(7-10-15)14-8-11-19-17(12-14)20(21)16-4-2-3-5-18(16)22-19/h6-12H,2-5H2,1H3,(H2,21,22). The Morgan fingerprint density at radius 3 is 2.48 bits per heavy atom. The number of hydrogen-bond acceptors (Lipinski definition) is 3. The van der Waals surface area contributed by atoms with Crippen LogP contribution in [0.25, 0.3) is 22.0 Å². The van der Waals surface area contributed by atoms with E-state index in [4.69, 9.17) is 15.5 Å². The number of fused-ring (bicyclic) bond motifs is 2. The average molecular weight is 304 g/mol. The predicted molar refractivity (Wildman–Crippen MR) is 94.8 cm³/mol. The summed E-state index contributed by atoms with van der Waals surface area (Å²) >= 11 is 0. The molecule has 0 fully saturated rings. The molecule has 0 aliphatic heterocycles. The second-order valence-corrected chi connectivity index (χ2v) is 6.12. The van der Waals surface area contributed by atoms with Crippen molar-refractivity contribution < 1.29 is 4.74 Å². The Bertz CT molecular complexity index is 869. The summed E-state index contributed by atoms with van der Waals surface area (Å²) < 4.78 is 5.23. The Morgan fingerprint density at radius 2 is 1.70 bits per heavy atom. The van der Waals surface area contributed by atoms with Crippen LogP contribution in [0.3, 0.4) is 0 Å². The van der Waals surface area contributed by atoms with E-state index < -0.39 is 0 Å². The molecular formula is C20H20N2O. The number of nitrogens with two attached hydrogens (primary N) is 1. The van der Waals surface area contributed by atoms with Crippen molar-refractivity contribution in [2.75, 3.05) is 12.8 Å². The molecule has 1 aliphatic carbocycles. The Labute approximate surface area is 136 Å². The fraction of sp³-hybridized carbons (Fsp3) is 0.250. The van der Waals surface area contributed by atoms with E-state index in [0.29, 0.717) is 0 Å². The van der Waals surface area contributed by atoms with Gasteiger partial charge in [0.15, 0.2) is 0 Å². The first-order valence-electron chi connectivity index (χ1n) is 8.11. The first kappa shape index (κ1) is 14.1. The first-order chi connectivity index (χ1) is 11.3. The van der Waals surface area contributed by atoms with Crippen molar-refractivity contribution in [3.05, 3.63) is 53.7 Å². The van der Waals surface area contributed by atoms with Gasteiger partial charge in [-0.05, 0) is 66.6 Å². The van der Waals surface area contributed by atoms with Gasteiger partial charge in [0.1, 0.15) is 5.75 Å². The van der Waals surface area contributed by atoms with E-state index in [1.165, 1.54) is 24.1 Å². The van der Waals surface area contributed by atoms with Crippen LogP contribution in [0.5, 0.6) is 5.75 Å². The molecule has 4 rings (SSSR count). The molecule has 0 unspecified atom stereocenters. The van der Waals surface area contributed by atoms with Crippen LogP contribution in [0.2, 0.25) is 0 Å². The number of pyridine rings is 1. The van der Waals surface area contributed by atoms with Crippen molar-refractivity contribution in [1.82, 2.24) is 4.98 Å². The maximum Gasteiger partial charge on any atom is 0.118 e. The number of aromatic nitrogens is 1. The molecule has 0 saturated carbocycles. The second kappa shape index (κ2) is 5.58. The summed E-state index contributed by atoms with van der Waals surface area (Å²) in [6, 6.07) is 14.5. The zero-order chi connectivity index (χ0) is 15.8. The molecule has 0 spiro atoms. The van der Waals surface area contributed by atoms with Crippen LogP contribution in [0.15, 0.2) is 42.5 Å². The summed E-state index contributed by atoms with van der Waals surface area (Å²) in [6.07, 6.45) is 4.53. The Kier molecular flexibility index (Phi) is 3.41. The number of hydrogen-bond donors (Lipinski definition) is 1. The number of ether oxygens (including phenoxy) is 1. The number of aryl methyl sites for hydroxylation is 1. The Hall–Kier alpha value is -2.55. The van der Waals surface area contributed by atoms with Crippen molar-refractivity contribution in [3.63, 3.8) is 0 Å². The van der Waals surface area contributed by atoms with Gasteiger partial charge in [0.05, 0.1) is 12.6 Å². The maximum absolute atomic E-state index is 6.47. The summed E-state index contributed by atoms with van der Waals surface area (Å²) in [5.74, 6) is 0.866. The van der Waals surface area contributed by atoms with Crippen LogP contribution >= 0.6 is 0 Å². The Morgan fingerprint density at radius 1 is 0.957 bits per heavy atom. The minimum atomic E-state index is 0.866. The molecule has 1 heterocycles. The Balaban J connectivity index is 1.84. The van der Waals surface area contributed by atoms with Crippen molar-refractivity contribution in [3.8, 4) is 16.9 Å². The highest BCUT2D eigenvalue weighted by Gasteiger charge is 2.16. The highest BCUT2D eigenvalue weighted by molar-refractivity contribution is 5.95. The van der Waals surface area contributed by atoms with E-state index in [-0.39, 0.29) is 0 Å². The van der Waals surface area contributed by atoms with Crippen molar-refractivity contribution >= 4 is 16.6 Å². The monoisotopic (exact) mass is 304 g/mol. The van der Waals surface area contributed by atoms with Crippen molar-refractivity contribution in [2.24, 2.45) is 0 Å². The SMILES string of the molecule is COc1ccc(-c2ccc3nc4c(c(N)c3c2)CCCC4)cc1. The van der Waals surface area contributed by atoms with Crippen LogP contribution in [0, 0.1) is 0 Å². The third-order valence-electron chi connectivity index (χ3n) is 4.73. The number of nitrogens with zero attached hydrogens (tertiary/aromatic N) is 1. The molecule has 0 radical (unpaired) electrons. The van der Waals surface area contributed by atoms with Crippen LogP contribution in [-0.2, 0) is 12.8 Å². The molecule has 23 heavy (non-hydrogen) atoms. The lowest BCUT2D eigenvalue weighted by atomic mass is 9.92. The summed E-state index contributed by atoms with van der Waals surface area (Å²) in [6.45, 7) is 0. The third-order valence-corrected chi connectivity index (χ3v) is 4.73. The molecular weight excluding hydrogens is 284 g/mol. The molecule has 116 valence electrons. The van der Waals surface area contributed by atoms with Gasteiger partial charge in [0.25, 0.3) is 0 Å². The molecule has 1 aliphatic rings. The second-order valence-electron chi connectivity index (χ2n) is 6.12. The minimum absolute atomic E-state index is 0.866. The largest absolute Gasteiger partial charge is 0.497 e. The molecule has 3 heteroatoms. The number of benzene rings is 2. The summed E-state index contributed by atoms with van der Waals surface area (Å²) in [4.78, 5) is 4.84. The van der Waals surface area contributed by atoms with Crippen molar-refractivity contribution in [1.29, 1.82) is 0 Å². The van der Waals surface area contributed by atoms with E-state index in [1.54, 1.807) is 7.11 Å². The van der Waals surface area contributed by atoms with Crippen LogP contribution < -0.4 is 10.5 Å². The molecule has 2 aromatic carbocycles. The van der Waals surface area contributed by atoms with Gasteiger partial charge < -0.3 is 10.5 Å². The highest BCUT2D eigenvalue weighted by Crippen LogP contribution is 2.33. The topological polar surface area (TPSA) is 48.1 Å². The van der Waals surface area contributed by atoms with Gasteiger partial charge >= 0.3 is 0 Å². The number of nitrogen functional groups attached to an aromatic ring is 1. The van der Waals surface area contributed by atoms with Crippen LogP contribution in [0.4, 0.5) is 5.69 Å². The molecule has 0 bridgehead atoms. The van der Waals surface area contributed by atoms with E-state index in [1.807, 2.05) is 12.1 Å². The van der Waals surface area contributed by atoms with Gasteiger partial charge in [0.2, 0.25) is 0 Å². The van der Waals surface area contributed by atoms with Crippen molar-refractivity contribution in [2.45, 2.75) is 25.7 Å². The zero-order valence-electron chi connectivity index (χ0n) is 13.3. The molecule has 1 aromatic heterocycles. The molecule has 3 aromatic rings. The number of anilines is 1. The third kappa shape index (κ3) is 2.42.